The van der Waals surface area contributed by atoms with Gasteiger partial charge in [-0.25, -0.2) is 0 Å². The van der Waals surface area contributed by atoms with Gasteiger partial charge >= 0.3 is 0 Å². The van der Waals surface area contributed by atoms with E-state index in [4.69, 9.17) is 19.6 Å². The SMILES string of the molecule is Cc1cc(OCCN)c2oc3cc(Oc4ccc(CCC(=O)NC5CCCC5)nc4)ccc3c(=O)c2c1. The van der Waals surface area contributed by atoms with Gasteiger partial charge in [-0.3, -0.25) is 14.6 Å². The molecule has 0 aliphatic heterocycles. The lowest BCUT2D eigenvalue weighted by molar-refractivity contribution is -0.121. The van der Waals surface area contributed by atoms with E-state index < -0.39 is 0 Å². The highest BCUT2D eigenvalue weighted by molar-refractivity contribution is 5.93. The van der Waals surface area contributed by atoms with Crippen LogP contribution in [0.4, 0.5) is 0 Å². The smallest absolute Gasteiger partial charge is 0.220 e. The largest absolute Gasteiger partial charge is 0.488 e. The zero-order chi connectivity index (χ0) is 25.8. The molecule has 1 fully saturated rings. The van der Waals surface area contributed by atoms with Gasteiger partial charge < -0.3 is 24.9 Å². The second-order valence-corrected chi connectivity index (χ2v) is 9.50. The monoisotopic (exact) mass is 501 g/mol. The molecule has 2 aromatic carbocycles. The second kappa shape index (κ2) is 11.0. The summed E-state index contributed by atoms with van der Waals surface area (Å²) in [6.07, 6.45) is 7.15. The zero-order valence-corrected chi connectivity index (χ0v) is 20.9. The van der Waals surface area contributed by atoms with E-state index in [1.54, 1.807) is 30.5 Å². The summed E-state index contributed by atoms with van der Waals surface area (Å²) >= 11 is 0. The molecule has 8 nitrogen and oxygen atoms in total. The fourth-order valence-corrected chi connectivity index (χ4v) is 4.75. The molecule has 0 saturated heterocycles. The Kier molecular flexibility index (Phi) is 7.37. The maximum Gasteiger partial charge on any atom is 0.220 e. The van der Waals surface area contributed by atoms with Gasteiger partial charge in [0, 0.05) is 30.8 Å². The normalized spacial score (nSPS) is 13.8. The molecule has 5 rings (SSSR count). The van der Waals surface area contributed by atoms with Crippen LogP contribution in [0.5, 0.6) is 17.2 Å². The molecule has 0 spiro atoms. The Bertz CT molecular complexity index is 1470. The number of amides is 1. The topological polar surface area (TPSA) is 117 Å². The molecule has 1 amide bonds. The molecule has 1 saturated carbocycles. The molecule has 1 aliphatic rings. The summed E-state index contributed by atoms with van der Waals surface area (Å²) in [5.74, 6) is 1.62. The first-order chi connectivity index (χ1) is 18.0. The molecule has 192 valence electrons. The molecular formula is C29H31N3O5. The Balaban J connectivity index is 1.30. The van der Waals surface area contributed by atoms with Gasteiger partial charge in [0.2, 0.25) is 11.3 Å². The van der Waals surface area contributed by atoms with Crippen molar-refractivity contribution in [3.05, 3.63) is 70.1 Å². The number of ether oxygens (including phenoxy) is 2. The van der Waals surface area contributed by atoms with Crippen molar-refractivity contribution in [2.75, 3.05) is 13.2 Å². The highest BCUT2D eigenvalue weighted by atomic mass is 16.5. The number of fused-ring (bicyclic) bond motifs is 2. The van der Waals surface area contributed by atoms with Gasteiger partial charge in [0.1, 0.15) is 23.7 Å². The second-order valence-electron chi connectivity index (χ2n) is 9.50. The molecule has 4 aromatic rings. The first-order valence-electron chi connectivity index (χ1n) is 12.8. The van der Waals surface area contributed by atoms with Crippen molar-refractivity contribution in [2.24, 2.45) is 5.73 Å². The fourth-order valence-electron chi connectivity index (χ4n) is 4.75. The minimum Gasteiger partial charge on any atom is -0.488 e. The summed E-state index contributed by atoms with van der Waals surface area (Å²) in [6.45, 7) is 2.57. The lowest BCUT2D eigenvalue weighted by atomic mass is 10.1. The lowest BCUT2D eigenvalue weighted by Crippen LogP contribution is -2.32. The van der Waals surface area contributed by atoms with Crippen LogP contribution in [-0.4, -0.2) is 30.1 Å². The van der Waals surface area contributed by atoms with Gasteiger partial charge in [0.25, 0.3) is 0 Å². The van der Waals surface area contributed by atoms with Crippen molar-refractivity contribution in [3.63, 3.8) is 0 Å². The Morgan fingerprint density at radius 2 is 1.92 bits per heavy atom. The van der Waals surface area contributed by atoms with Gasteiger partial charge in [-0.2, -0.15) is 0 Å². The minimum absolute atomic E-state index is 0.0750. The van der Waals surface area contributed by atoms with E-state index in [1.807, 2.05) is 25.1 Å². The Hall–Kier alpha value is -3.91. The molecule has 0 radical (unpaired) electrons. The van der Waals surface area contributed by atoms with Crippen molar-refractivity contribution >= 4 is 27.8 Å². The van der Waals surface area contributed by atoms with Crippen LogP contribution in [0.15, 0.2) is 57.9 Å². The number of carbonyl (C=O) groups is 1. The quantitative estimate of drug-likeness (QED) is 0.317. The number of nitrogens with zero attached hydrogens (tertiary/aromatic N) is 1. The number of benzene rings is 2. The number of aromatic nitrogens is 1. The van der Waals surface area contributed by atoms with Crippen LogP contribution in [-0.2, 0) is 11.2 Å². The van der Waals surface area contributed by atoms with Crippen LogP contribution in [0.3, 0.4) is 0 Å². The summed E-state index contributed by atoms with van der Waals surface area (Å²) in [5, 5.41) is 4.02. The van der Waals surface area contributed by atoms with E-state index in [-0.39, 0.29) is 11.3 Å². The number of carbonyl (C=O) groups excluding carboxylic acids is 1. The average Bonchev–Trinajstić information content (AvgIpc) is 3.40. The Morgan fingerprint density at radius 1 is 1.11 bits per heavy atom. The molecule has 37 heavy (non-hydrogen) atoms. The zero-order valence-electron chi connectivity index (χ0n) is 20.9. The van der Waals surface area contributed by atoms with Crippen LogP contribution >= 0.6 is 0 Å². The number of nitrogens with one attached hydrogen (secondary N) is 1. The third-order valence-electron chi connectivity index (χ3n) is 6.59. The Morgan fingerprint density at radius 3 is 2.68 bits per heavy atom. The van der Waals surface area contributed by atoms with Crippen LogP contribution in [0.1, 0.15) is 43.4 Å². The summed E-state index contributed by atoms with van der Waals surface area (Å²) in [4.78, 5) is 29.8. The predicted molar refractivity (Wildman–Crippen MR) is 142 cm³/mol. The van der Waals surface area contributed by atoms with E-state index in [9.17, 15) is 9.59 Å². The van der Waals surface area contributed by atoms with E-state index in [2.05, 4.69) is 10.3 Å². The van der Waals surface area contributed by atoms with Gasteiger partial charge in [0.15, 0.2) is 11.3 Å². The number of nitrogens with two attached hydrogens (primary N) is 1. The third kappa shape index (κ3) is 5.75. The molecule has 3 N–H and O–H groups in total. The Labute approximate surface area is 214 Å². The summed E-state index contributed by atoms with van der Waals surface area (Å²) in [6, 6.07) is 12.7. The molecule has 2 heterocycles. The summed E-state index contributed by atoms with van der Waals surface area (Å²) in [7, 11) is 0. The maximum absolute atomic E-state index is 13.2. The number of rotatable bonds is 9. The predicted octanol–water partition coefficient (Wildman–Crippen LogP) is 4.77. The number of aryl methyl sites for hydroxylation is 2. The van der Waals surface area contributed by atoms with Crippen molar-refractivity contribution in [1.82, 2.24) is 10.3 Å². The van der Waals surface area contributed by atoms with Crippen molar-refractivity contribution in [2.45, 2.75) is 51.5 Å². The molecule has 1 aliphatic carbocycles. The molecule has 0 atom stereocenters. The molecule has 0 unspecified atom stereocenters. The van der Waals surface area contributed by atoms with Gasteiger partial charge in [0.05, 0.1) is 17.0 Å². The molecule has 0 bridgehead atoms. The van der Waals surface area contributed by atoms with Crippen molar-refractivity contribution in [1.29, 1.82) is 0 Å². The minimum atomic E-state index is -0.132. The number of hydrogen-bond acceptors (Lipinski definition) is 7. The molecular weight excluding hydrogens is 470 g/mol. The summed E-state index contributed by atoms with van der Waals surface area (Å²) in [5.41, 5.74) is 7.96. The average molecular weight is 502 g/mol. The van der Waals surface area contributed by atoms with Gasteiger partial charge in [-0.05, 0) is 68.1 Å². The van der Waals surface area contributed by atoms with E-state index in [0.29, 0.717) is 71.2 Å². The maximum atomic E-state index is 13.2. The number of pyridine rings is 1. The van der Waals surface area contributed by atoms with Crippen LogP contribution in [0.25, 0.3) is 21.9 Å². The highest BCUT2D eigenvalue weighted by Crippen LogP contribution is 2.31. The van der Waals surface area contributed by atoms with Gasteiger partial charge in [-0.1, -0.05) is 12.8 Å². The standard InChI is InChI=1S/C29H31N3O5/c1-18-14-24-28(34)23-10-9-21(16-25(23)37-29(24)26(15-18)35-13-12-30)36-22-8-6-19(31-17-22)7-11-27(33)32-20-4-2-3-5-20/h6,8-10,14-17,20H,2-5,7,11-13,30H2,1H3,(H,32,33). The van der Waals surface area contributed by atoms with E-state index in [0.717, 1.165) is 24.1 Å². The van der Waals surface area contributed by atoms with Crippen molar-refractivity contribution < 1.29 is 18.7 Å². The third-order valence-corrected chi connectivity index (χ3v) is 6.59. The number of hydrogen-bond donors (Lipinski definition) is 2. The fraction of sp³-hybridized carbons (Fsp3) is 0.345. The van der Waals surface area contributed by atoms with E-state index in [1.165, 1.54) is 12.8 Å². The highest BCUT2D eigenvalue weighted by Gasteiger charge is 2.17. The van der Waals surface area contributed by atoms with Crippen LogP contribution < -0.4 is 26.0 Å². The molecule has 2 aromatic heterocycles. The first kappa shape index (κ1) is 24.8. The lowest BCUT2D eigenvalue weighted by Gasteiger charge is -2.12. The van der Waals surface area contributed by atoms with Gasteiger partial charge in [-0.15, -0.1) is 0 Å². The first-order valence-corrected chi connectivity index (χ1v) is 12.8. The molecule has 8 heteroatoms. The van der Waals surface area contributed by atoms with E-state index >= 15 is 0 Å². The summed E-state index contributed by atoms with van der Waals surface area (Å²) < 4.78 is 17.8. The van der Waals surface area contributed by atoms with Crippen molar-refractivity contribution in [3.8, 4) is 17.2 Å². The van der Waals surface area contributed by atoms with Crippen LogP contribution in [0, 0.1) is 6.92 Å². The van der Waals surface area contributed by atoms with Crippen LogP contribution in [0.2, 0.25) is 0 Å².